The summed E-state index contributed by atoms with van der Waals surface area (Å²) >= 11 is 2.45. The molecule has 8 nitrogen and oxygen atoms in total. The zero-order valence-corrected chi connectivity index (χ0v) is 20.8. The first kappa shape index (κ1) is 23.5. The van der Waals surface area contributed by atoms with Gasteiger partial charge in [0.15, 0.2) is 0 Å². The normalized spacial score (nSPS) is 15.1. The molecule has 172 valence electrons. The Hall–Kier alpha value is -2.68. The van der Waals surface area contributed by atoms with Crippen LogP contribution in [0.5, 0.6) is 0 Å². The van der Waals surface area contributed by atoms with Crippen LogP contribution in [0.2, 0.25) is 0 Å². The fourth-order valence-electron chi connectivity index (χ4n) is 3.83. The molecule has 0 aliphatic heterocycles. The van der Waals surface area contributed by atoms with Crippen molar-refractivity contribution in [3.63, 3.8) is 0 Å². The first-order valence-electron chi connectivity index (χ1n) is 10.6. The average molecular weight is 501 g/mol. The van der Waals surface area contributed by atoms with Gasteiger partial charge < -0.3 is 5.32 Å². The molecule has 0 radical (unpaired) electrons. The van der Waals surface area contributed by atoms with E-state index in [2.05, 4.69) is 30.7 Å². The Bertz CT molecular complexity index is 1340. The number of thiocyanates is 1. The summed E-state index contributed by atoms with van der Waals surface area (Å²) in [5.74, 6) is 0. The maximum atomic E-state index is 12.0. The number of nitrogens with zero attached hydrogens (tertiary/aromatic N) is 4. The Morgan fingerprint density at radius 1 is 1.15 bits per heavy atom. The molecule has 0 saturated heterocycles. The van der Waals surface area contributed by atoms with Gasteiger partial charge in [-0.2, -0.15) is 5.26 Å². The van der Waals surface area contributed by atoms with E-state index in [9.17, 15) is 8.42 Å². The first-order valence-corrected chi connectivity index (χ1v) is 14.1. The molecule has 2 aromatic carbocycles. The molecular weight excluding hydrogens is 476 g/mol. The number of rotatable bonds is 7. The molecule has 11 heteroatoms. The van der Waals surface area contributed by atoms with Crippen LogP contribution in [0, 0.1) is 17.6 Å². The van der Waals surface area contributed by atoms with Gasteiger partial charge in [0.25, 0.3) is 0 Å². The number of sulfonamides is 1. The number of anilines is 2. The summed E-state index contributed by atoms with van der Waals surface area (Å²) in [7, 11) is -3.50. The van der Waals surface area contributed by atoms with E-state index in [0.29, 0.717) is 22.5 Å². The molecule has 3 aromatic rings. The molecular formula is C22H24N6O2S3. The summed E-state index contributed by atoms with van der Waals surface area (Å²) in [5, 5.41) is 23.5. The molecule has 0 bridgehead atoms. The van der Waals surface area contributed by atoms with Crippen molar-refractivity contribution in [2.24, 2.45) is 10.2 Å². The van der Waals surface area contributed by atoms with Crippen molar-refractivity contribution < 1.29 is 8.42 Å². The summed E-state index contributed by atoms with van der Waals surface area (Å²) in [4.78, 5) is 5.31. The van der Waals surface area contributed by atoms with Crippen molar-refractivity contribution in [3.05, 3.63) is 35.9 Å². The molecule has 2 N–H and O–H groups in total. The van der Waals surface area contributed by atoms with Crippen LogP contribution in [0.1, 0.15) is 37.7 Å². The van der Waals surface area contributed by atoms with Crippen LogP contribution in [0.25, 0.3) is 10.2 Å². The molecule has 1 aliphatic carbocycles. The Kier molecular flexibility index (Phi) is 7.17. The molecule has 1 heterocycles. The highest BCUT2D eigenvalue weighted by Crippen LogP contribution is 2.36. The number of fused-ring (bicyclic) bond motifs is 1. The number of azo groups is 1. The number of benzene rings is 2. The topological polar surface area (TPSA) is 120 Å². The van der Waals surface area contributed by atoms with E-state index < -0.39 is 10.0 Å². The van der Waals surface area contributed by atoms with Gasteiger partial charge in [-0.1, -0.05) is 30.6 Å². The lowest BCUT2D eigenvalue weighted by atomic mass is 9.95. The monoisotopic (exact) mass is 500 g/mol. The zero-order chi connectivity index (χ0) is 23.4. The molecule has 4 rings (SSSR count). The molecule has 0 spiro atoms. The van der Waals surface area contributed by atoms with Gasteiger partial charge in [0, 0.05) is 16.6 Å². The highest BCUT2D eigenvalue weighted by molar-refractivity contribution is 8.03. The fraction of sp³-hybridized carbons (Fsp3) is 0.364. The largest absolute Gasteiger partial charge is 0.382 e. The number of hydrogen-bond acceptors (Lipinski definition) is 9. The number of aryl methyl sites for hydroxylation is 1. The lowest BCUT2D eigenvalue weighted by Gasteiger charge is -2.25. The van der Waals surface area contributed by atoms with Crippen LogP contribution in [0.15, 0.2) is 45.5 Å². The van der Waals surface area contributed by atoms with Gasteiger partial charge in [0.05, 0.1) is 22.2 Å². The number of thiazole rings is 1. The van der Waals surface area contributed by atoms with Gasteiger partial charge in [-0.3, -0.25) is 4.72 Å². The standard InChI is InChI=1S/C22H24N6O2S3/c1-14-10-19(26-27-22-25-17-9-8-16(31-13-23)11-21(17)32-22)20(28-33(2,29)30)12-18(14)24-15-6-4-3-5-7-15/h8-12,15,24,28H,3-7H2,1-2H3/b27-26+. The number of nitriles is 1. The summed E-state index contributed by atoms with van der Waals surface area (Å²) in [6.07, 6.45) is 7.02. The summed E-state index contributed by atoms with van der Waals surface area (Å²) in [6.45, 7) is 1.97. The van der Waals surface area contributed by atoms with Gasteiger partial charge in [-0.05, 0) is 67.4 Å². The van der Waals surface area contributed by atoms with Gasteiger partial charge in [0.2, 0.25) is 15.2 Å². The van der Waals surface area contributed by atoms with Crippen LogP contribution in [-0.4, -0.2) is 25.7 Å². The third-order valence-corrected chi connectivity index (χ3v) is 7.43. The minimum Gasteiger partial charge on any atom is -0.382 e. The first-order chi connectivity index (χ1) is 15.8. The Balaban J connectivity index is 1.64. The van der Waals surface area contributed by atoms with Crippen molar-refractivity contribution in [2.75, 3.05) is 16.3 Å². The summed E-state index contributed by atoms with van der Waals surface area (Å²) < 4.78 is 27.4. The third kappa shape index (κ3) is 6.22. The summed E-state index contributed by atoms with van der Waals surface area (Å²) in [5.41, 5.74) is 3.44. The molecule has 1 saturated carbocycles. The van der Waals surface area contributed by atoms with Crippen LogP contribution in [0.3, 0.4) is 0 Å². The second kappa shape index (κ2) is 10.1. The van der Waals surface area contributed by atoms with Gasteiger partial charge >= 0.3 is 0 Å². The van der Waals surface area contributed by atoms with Crippen molar-refractivity contribution in [2.45, 2.75) is 50.0 Å². The lowest BCUT2D eigenvalue weighted by molar-refractivity contribution is 0.462. The third-order valence-electron chi connectivity index (χ3n) is 5.36. The molecule has 0 amide bonds. The molecule has 1 fully saturated rings. The number of hydrogen-bond donors (Lipinski definition) is 2. The van der Waals surface area contributed by atoms with E-state index >= 15 is 0 Å². The van der Waals surface area contributed by atoms with E-state index in [4.69, 9.17) is 5.26 Å². The maximum Gasteiger partial charge on any atom is 0.231 e. The number of nitrogens with one attached hydrogen (secondary N) is 2. The predicted octanol–water partition coefficient (Wildman–Crippen LogP) is 6.71. The lowest BCUT2D eigenvalue weighted by Crippen LogP contribution is -2.22. The van der Waals surface area contributed by atoms with E-state index in [0.717, 1.165) is 57.2 Å². The maximum absolute atomic E-state index is 12.0. The van der Waals surface area contributed by atoms with E-state index in [-0.39, 0.29) is 0 Å². The average Bonchev–Trinajstić information content (AvgIpc) is 3.17. The van der Waals surface area contributed by atoms with E-state index in [1.54, 1.807) is 6.07 Å². The van der Waals surface area contributed by atoms with Gasteiger partial charge in [-0.15, -0.1) is 10.2 Å². The van der Waals surface area contributed by atoms with Crippen LogP contribution < -0.4 is 10.0 Å². The molecule has 1 aliphatic rings. The molecule has 1 aromatic heterocycles. The van der Waals surface area contributed by atoms with Crippen molar-refractivity contribution in [1.29, 1.82) is 5.26 Å². The Labute approximate surface area is 201 Å². The highest BCUT2D eigenvalue weighted by Gasteiger charge is 2.17. The van der Waals surface area contributed by atoms with Crippen molar-refractivity contribution in [1.82, 2.24) is 4.98 Å². The summed E-state index contributed by atoms with van der Waals surface area (Å²) in [6, 6.07) is 9.60. The minimum atomic E-state index is -3.50. The van der Waals surface area contributed by atoms with Crippen molar-refractivity contribution >= 4 is 65.5 Å². The van der Waals surface area contributed by atoms with E-state index in [1.165, 1.54) is 30.6 Å². The van der Waals surface area contributed by atoms with Gasteiger partial charge in [0.1, 0.15) is 11.1 Å². The quantitative estimate of drug-likeness (QED) is 0.211. The second-order valence-electron chi connectivity index (χ2n) is 8.06. The molecule has 0 unspecified atom stereocenters. The van der Waals surface area contributed by atoms with E-state index in [1.807, 2.05) is 31.2 Å². The SMILES string of the molecule is Cc1cc(/N=N/c2nc3ccc(SC#N)cc3s2)c(NS(C)(=O)=O)cc1NC1CCCCC1. The molecule has 0 atom stereocenters. The highest BCUT2D eigenvalue weighted by atomic mass is 32.2. The Morgan fingerprint density at radius 3 is 2.67 bits per heavy atom. The molecule has 33 heavy (non-hydrogen) atoms. The smallest absolute Gasteiger partial charge is 0.231 e. The number of thioether (sulfide) groups is 1. The Morgan fingerprint density at radius 2 is 1.94 bits per heavy atom. The number of aromatic nitrogens is 1. The zero-order valence-electron chi connectivity index (χ0n) is 18.3. The van der Waals surface area contributed by atoms with Crippen LogP contribution in [0.4, 0.5) is 22.2 Å². The van der Waals surface area contributed by atoms with Crippen LogP contribution >= 0.6 is 23.1 Å². The van der Waals surface area contributed by atoms with Crippen molar-refractivity contribution in [3.8, 4) is 5.40 Å². The van der Waals surface area contributed by atoms with Gasteiger partial charge in [-0.25, -0.2) is 13.4 Å². The van der Waals surface area contributed by atoms with Crippen LogP contribution in [-0.2, 0) is 10.0 Å². The predicted molar refractivity (Wildman–Crippen MR) is 135 cm³/mol. The fourth-order valence-corrected chi connectivity index (χ4v) is 5.71. The second-order valence-corrected chi connectivity index (χ2v) is 11.7. The minimum absolute atomic E-state index is 0.374.